The van der Waals surface area contributed by atoms with Crippen LogP contribution in [0.25, 0.3) is 0 Å². The van der Waals surface area contributed by atoms with Gasteiger partial charge in [0.15, 0.2) is 0 Å². The summed E-state index contributed by atoms with van der Waals surface area (Å²) in [7, 11) is -7.37. The molecule has 1 aliphatic heterocycles. The molecule has 3 rings (SSSR count). The van der Waals surface area contributed by atoms with Crippen molar-refractivity contribution in [2.75, 3.05) is 39.5 Å². The van der Waals surface area contributed by atoms with Crippen molar-refractivity contribution >= 4 is 20.0 Å². The number of benzene rings is 1. The Morgan fingerprint density at radius 1 is 1.03 bits per heavy atom. The molecule has 1 saturated carbocycles. The predicted octanol–water partition coefficient (Wildman–Crippen LogP) is 1.58. The molecule has 1 aliphatic carbocycles. The van der Waals surface area contributed by atoms with Crippen LogP contribution in [0.4, 0.5) is 0 Å². The third kappa shape index (κ3) is 5.77. The van der Waals surface area contributed by atoms with E-state index in [0.717, 1.165) is 19.3 Å². The quantitative estimate of drug-likeness (QED) is 0.609. The Labute approximate surface area is 173 Å². The lowest BCUT2D eigenvalue weighted by Crippen LogP contribution is -2.40. The van der Waals surface area contributed by atoms with Crippen molar-refractivity contribution in [2.45, 2.75) is 48.5 Å². The second-order valence-electron chi connectivity index (χ2n) is 7.56. The van der Waals surface area contributed by atoms with Crippen molar-refractivity contribution in [2.24, 2.45) is 5.92 Å². The molecular weight excluding hydrogens is 416 g/mol. The van der Waals surface area contributed by atoms with E-state index in [1.54, 1.807) is 0 Å². The highest BCUT2D eigenvalue weighted by Crippen LogP contribution is 2.26. The van der Waals surface area contributed by atoms with E-state index in [2.05, 4.69) is 11.6 Å². The molecule has 1 aromatic carbocycles. The van der Waals surface area contributed by atoms with Gasteiger partial charge in [-0.3, -0.25) is 0 Å². The molecule has 8 nitrogen and oxygen atoms in total. The Balaban J connectivity index is 1.55. The standard InChI is InChI=1S/C19H30N2O6S2/c1-16-4-2-3-5-19(16)27-13-10-20-28(22,23)17-6-8-18(9-7-17)29(24,25)21-11-14-26-15-12-21/h6-9,16,19-20H,2-5,10-15H2,1H3. The Hall–Kier alpha value is -1.04. The molecule has 2 unspecified atom stereocenters. The highest BCUT2D eigenvalue weighted by molar-refractivity contribution is 7.89. The van der Waals surface area contributed by atoms with Gasteiger partial charge in [-0.1, -0.05) is 19.8 Å². The first kappa shape index (κ1) is 22.6. The van der Waals surface area contributed by atoms with E-state index in [1.165, 1.54) is 35.0 Å². The number of nitrogens with one attached hydrogen (secondary N) is 1. The summed E-state index contributed by atoms with van der Waals surface area (Å²) in [5.74, 6) is 0.501. The van der Waals surface area contributed by atoms with Crippen LogP contribution in [0.15, 0.2) is 34.1 Å². The van der Waals surface area contributed by atoms with E-state index in [-0.39, 0.29) is 22.4 Å². The third-order valence-electron chi connectivity index (χ3n) is 5.50. The van der Waals surface area contributed by atoms with Crippen molar-refractivity contribution in [1.29, 1.82) is 0 Å². The highest BCUT2D eigenvalue weighted by Gasteiger charge is 2.27. The summed E-state index contributed by atoms with van der Waals surface area (Å²) < 4.78 is 65.1. The molecule has 1 N–H and O–H groups in total. The zero-order valence-electron chi connectivity index (χ0n) is 16.7. The normalized spacial score (nSPS) is 24.4. The van der Waals surface area contributed by atoms with Gasteiger partial charge in [0.2, 0.25) is 20.0 Å². The van der Waals surface area contributed by atoms with Crippen molar-refractivity contribution < 1.29 is 26.3 Å². The number of hydrogen-bond acceptors (Lipinski definition) is 6. The van der Waals surface area contributed by atoms with Gasteiger partial charge < -0.3 is 9.47 Å². The minimum Gasteiger partial charge on any atom is -0.379 e. The molecule has 10 heteroatoms. The van der Waals surface area contributed by atoms with Crippen LogP contribution in [0.5, 0.6) is 0 Å². The van der Waals surface area contributed by atoms with Gasteiger partial charge in [-0.15, -0.1) is 0 Å². The van der Waals surface area contributed by atoms with E-state index in [4.69, 9.17) is 9.47 Å². The number of hydrogen-bond donors (Lipinski definition) is 1. The van der Waals surface area contributed by atoms with Crippen LogP contribution in [0.2, 0.25) is 0 Å². The summed E-state index contributed by atoms with van der Waals surface area (Å²) in [6.45, 7) is 3.97. The average Bonchev–Trinajstić information content (AvgIpc) is 2.73. The number of rotatable bonds is 8. The second kappa shape index (κ2) is 9.84. The fraction of sp³-hybridized carbons (Fsp3) is 0.684. The molecule has 164 valence electrons. The first-order chi connectivity index (χ1) is 13.8. The van der Waals surface area contributed by atoms with E-state index in [9.17, 15) is 16.8 Å². The minimum absolute atomic E-state index is 0.0319. The lowest BCUT2D eigenvalue weighted by molar-refractivity contribution is -0.00176. The van der Waals surface area contributed by atoms with Crippen LogP contribution in [-0.2, 0) is 29.5 Å². The van der Waals surface area contributed by atoms with Crippen molar-refractivity contribution in [1.82, 2.24) is 9.03 Å². The first-order valence-electron chi connectivity index (χ1n) is 10.1. The van der Waals surface area contributed by atoms with Gasteiger partial charge in [0, 0.05) is 19.6 Å². The summed E-state index contributed by atoms with van der Waals surface area (Å²) in [6, 6.07) is 5.30. The van der Waals surface area contributed by atoms with Gasteiger partial charge in [0.1, 0.15) is 0 Å². The average molecular weight is 447 g/mol. The fourth-order valence-corrected chi connectivity index (χ4v) is 6.15. The van der Waals surface area contributed by atoms with E-state index < -0.39 is 20.0 Å². The number of nitrogens with zero attached hydrogens (tertiary/aromatic N) is 1. The molecule has 0 aromatic heterocycles. The molecule has 0 bridgehead atoms. The van der Waals surface area contributed by atoms with Gasteiger partial charge in [0.05, 0.1) is 35.7 Å². The topological polar surface area (TPSA) is 102 Å². The molecule has 1 saturated heterocycles. The van der Waals surface area contributed by atoms with E-state index in [0.29, 0.717) is 38.8 Å². The monoisotopic (exact) mass is 446 g/mol. The smallest absolute Gasteiger partial charge is 0.243 e. The van der Waals surface area contributed by atoms with Gasteiger partial charge in [-0.25, -0.2) is 21.6 Å². The Morgan fingerprint density at radius 3 is 2.31 bits per heavy atom. The second-order valence-corrected chi connectivity index (χ2v) is 11.3. The Kier molecular flexibility index (Phi) is 7.69. The molecule has 29 heavy (non-hydrogen) atoms. The molecule has 0 amide bonds. The zero-order valence-corrected chi connectivity index (χ0v) is 18.4. The molecule has 2 atom stereocenters. The van der Waals surface area contributed by atoms with Crippen LogP contribution >= 0.6 is 0 Å². The van der Waals surface area contributed by atoms with Crippen LogP contribution < -0.4 is 4.72 Å². The summed E-state index contributed by atoms with van der Waals surface area (Å²) in [5.41, 5.74) is 0. The Morgan fingerprint density at radius 2 is 1.66 bits per heavy atom. The van der Waals surface area contributed by atoms with Crippen molar-refractivity contribution in [3.05, 3.63) is 24.3 Å². The predicted molar refractivity (Wildman–Crippen MR) is 109 cm³/mol. The third-order valence-corrected chi connectivity index (χ3v) is 8.89. The number of ether oxygens (including phenoxy) is 2. The van der Waals surface area contributed by atoms with Gasteiger partial charge in [-0.05, 0) is 43.0 Å². The van der Waals surface area contributed by atoms with E-state index in [1.807, 2.05) is 0 Å². The number of morpholine rings is 1. The van der Waals surface area contributed by atoms with Crippen LogP contribution in [0.3, 0.4) is 0 Å². The number of sulfonamides is 2. The summed E-state index contributed by atoms with van der Waals surface area (Å²) >= 11 is 0. The van der Waals surface area contributed by atoms with Gasteiger partial charge >= 0.3 is 0 Å². The van der Waals surface area contributed by atoms with Crippen LogP contribution in [-0.4, -0.2) is 66.7 Å². The molecular formula is C19H30N2O6S2. The summed E-state index contributed by atoms with van der Waals surface area (Å²) in [5, 5.41) is 0. The minimum atomic E-state index is -3.72. The lowest BCUT2D eigenvalue weighted by Gasteiger charge is -2.28. The molecule has 2 aliphatic rings. The molecule has 1 heterocycles. The maximum atomic E-state index is 12.6. The van der Waals surface area contributed by atoms with E-state index >= 15 is 0 Å². The maximum absolute atomic E-state index is 12.6. The van der Waals surface area contributed by atoms with Crippen molar-refractivity contribution in [3.63, 3.8) is 0 Å². The van der Waals surface area contributed by atoms with Gasteiger partial charge in [-0.2, -0.15) is 4.31 Å². The SMILES string of the molecule is CC1CCCCC1OCCNS(=O)(=O)c1ccc(S(=O)(=O)N2CCOCC2)cc1. The molecule has 1 aromatic rings. The molecule has 0 radical (unpaired) electrons. The summed E-state index contributed by atoms with van der Waals surface area (Å²) in [4.78, 5) is 0.109. The molecule has 2 fully saturated rings. The maximum Gasteiger partial charge on any atom is 0.243 e. The first-order valence-corrected chi connectivity index (χ1v) is 13.0. The molecule has 0 spiro atoms. The fourth-order valence-electron chi connectivity index (χ4n) is 3.73. The van der Waals surface area contributed by atoms with Crippen LogP contribution in [0.1, 0.15) is 32.6 Å². The zero-order chi connectivity index (χ0) is 20.9. The summed E-state index contributed by atoms with van der Waals surface area (Å²) in [6.07, 6.45) is 4.74. The largest absolute Gasteiger partial charge is 0.379 e. The van der Waals surface area contributed by atoms with Crippen LogP contribution in [0, 0.1) is 5.92 Å². The van der Waals surface area contributed by atoms with Crippen molar-refractivity contribution in [3.8, 4) is 0 Å². The van der Waals surface area contributed by atoms with Gasteiger partial charge in [0.25, 0.3) is 0 Å². The highest BCUT2D eigenvalue weighted by atomic mass is 32.2. The Bertz CT molecular complexity index is 864. The lowest BCUT2D eigenvalue weighted by atomic mass is 9.88.